The number of benzene rings is 1. The molecule has 110 valence electrons. The van der Waals surface area contributed by atoms with Crippen molar-refractivity contribution >= 4 is 11.5 Å². The van der Waals surface area contributed by atoms with Crippen LogP contribution in [0.3, 0.4) is 0 Å². The SMILES string of the molecule is CC(C)(C)C(=O)Cc1nc(-c2ccccc2[N+](=O)[O-])no1. The summed E-state index contributed by atoms with van der Waals surface area (Å²) in [5, 5.41) is 14.7. The van der Waals surface area contributed by atoms with E-state index >= 15 is 0 Å². The van der Waals surface area contributed by atoms with Crippen LogP contribution in [0.4, 0.5) is 5.69 Å². The zero-order valence-corrected chi connectivity index (χ0v) is 12.0. The number of ketones is 1. The molecule has 1 aromatic heterocycles. The van der Waals surface area contributed by atoms with Gasteiger partial charge in [-0.25, -0.2) is 0 Å². The van der Waals surface area contributed by atoms with Crippen molar-refractivity contribution in [3.8, 4) is 11.4 Å². The predicted molar refractivity (Wildman–Crippen MR) is 74.6 cm³/mol. The summed E-state index contributed by atoms with van der Waals surface area (Å²) < 4.78 is 5.02. The molecule has 0 saturated heterocycles. The summed E-state index contributed by atoms with van der Waals surface area (Å²) in [5.74, 6) is 0.224. The van der Waals surface area contributed by atoms with Gasteiger partial charge in [0.1, 0.15) is 11.3 Å². The van der Waals surface area contributed by atoms with Gasteiger partial charge in [0.2, 0.25) is 11.7 Å². The van der Waals surface area contributed by atoms with Gasteiger partial charge in [0.05, 0.1) is 11.3 Å². The Balaban J connectivity index is 2.29. The molecule has 0 unspecified atom stereocenters. The molecule has 0 aliphatic heterocycles. The van der Waals surface area contributed by atoms with Crippen molar-refractivity contribution in [2.75, 3.05) is 0 Å². The standard InChI is InChI=1S/C14H15N3O4/c1-14(2,3)11(18)8-12-15-13(16-21-12)9-6-4-5-7-10(9)17(19)20/h4-7H,8H2,1-3H3. The van der Waals surface area contributed by atoms with Gasteiger partial charge >= 0.3 is 0 Å². The van der Waals surface area contributed by atoms with E-state index in [-0.39, 0.29) is 35.2 Å². The third-order valence-corrected chi connectivity index (χ3v) is 2.96. The van der Waals surface area contributed by atoms with E-state index in [0.29, 0.717) is 0 Å². The highest BCUT2D eigenvalue weighted by Crippen LogP contribution is 2.27. The Morgan fingerprint density at radius 2 is 2.00 bits per heavy atom. The molecule has 21 heavy (non-hydrogen) atoms. The topological polar surface area (TPSA) is 99.1 Å². The summed E-state index contributed by atoms with van der Waals surface area (Å²) in [6.07, 6.45) is 0.0110. The summed E-state index contributed by atoms with van der Waals surface area (Å²) >= 11 is 0. The number of carbonyl (C=O) groups is 1. The number of para-hydroxylation sites is 1. The lowest BCUT2D eigenvalue weighted by Crippen LogP contribution is -2.22. The number of Topliss-reactive ketones (excluding diaryl/α,β-unsaturated/α-hetero) is 1. The molecule has 0 radical (unpaired) electrons. The average molecular weight is 289 g/mol. The van der Waals surface area contributed by atoms with Crippen LogP contribution in [0.1, 0.15) is 26.7 Å². The number of nitro benzene ring substituents is 1. The van der Waals surface area contributed by atoms with Crippen LogP contribution in [0, 0.1) is 15.5 Å². The van der Waals surface area contributed by atoms with Crippen molar-refractivity contribution in [1.29, 1.82) is 0 Å². The summed E-state index contributed by atoms with van der Waals surface area (Å²) in [7, 11) is 0. The van der Waals surface area contributed by atoms with Gasteiger partial charge in [-0.2, -0.15) is 4.98 Å². The molecule has 0 bridgehead atoms. The van der Waals surface area contributed by atoms with E-state index in [0.717, 1.165) is 0 Å². The third kappa shape index (κ3) is 3.31. The van der Waals surface area contributed by atoms with Crippen LogP contribution in [-0.4, -0.2) is 20.8 Å². The smallest absolute Gasteiger partial charge is 0.280 e. The third-order valence-electron chi connectivity index (χ3n) is 2.96. The van der Waals surface area contributed by atoms with Gasteiger partial charge in [-0.1, -0.05) is 38.1 Å². The number of hydrogen-bond donors (Lipinski definition) is 0. The van der Waals surface area contributed by atoms with Gasteiger partial charge in [0.25, 0.3) is 5.69 Å². The van der Waals surface area contributed by atoms with Crippen LogP contribution in [0.5, 0.6) is 0 Å². The van der Waals surface area contributed by atoms with Crippen LogP contribution in [0.25, 0.3) is 11.4 Å². The van der Waals surface area contributed by atoms with Crippen LogP contribution in [0.15, 0.2) is 28.8 Å². The molecule has 0 aliphatic carbocycles. The number of nitrogens with zero attached hydrogens (tertiary/aromatic N) is 3. The lowest BCUT2D eigenvalue weighted by Gasteiger charge is -2.14. The van der Waals surface area contributed by atoms with Crippen molar-refractivity contribution in [2.24, 2.45) is 5.41 Å². The molecule has 2 rings (SSSR count). The maximum atomic E-state index is 11.9. The Labute approximate surface area is 121 Å². The Bertz CT molecular complexity index is 686. The largest absolute Gasteiger partial charge is 0.338 e. The molecule has 2 aromatic rings. The zero-order valence-electron chi connectivity index (χ0n) is 12.0. The Kier molecular flexibility index (Phi) is 3.84. The Hall–Kier alpha value is -2.57. The molecule has 0 spiro atoms. The number of hydrogen-bond acceptors (Lipinski definition) is 6. The number of nitro groups is 1. The highest BCUT2D eigenvalue weighted by atomic mass is 16.6. The summed E-state index contributed by atoms with van der Waals surface area (Å²) in [6, 6.07) is 6.12. The summed E-state index contributed by atoms with van der Waals surface area (Å²) in [5.41, 5.74) is -0.347. The lowest BCUT2D eigenvalue weighted by atomic mass is 9.89. The van der Waals surface area contributed by atoms with Crippen molar-refractivity contribution in [2.45, 2.75) is 27.2 Å². The second kappa shape index (κ2) is 5.43. The van der Waals surface area contributed by atoms with Crippen LogP contribution < -0.4 is 0 Å². The van der Waals surface area contributed by atoms with E-state index in [1.54, 1.807) is 39.0 Å². The van der Waals surface area contributed by atoms with Crippen molar-refractivity contribution in [3.05, 3.63) is 40.3 Å². The Morgan fingerprint density at radius 1 is 1.33 bits per heavy atom. The minimum atomic E-state index is -0.508. The van der Waals surface area contributed by atoms with Crippen LogP contribution >= 0.6 is 0 Å². The number of rotatable bonds is 4. The van der Waals surface area contributed by atoms with Gasteiger partial charge in [0, 0.05) is 11.5 Å². The molecular weight excluding hydrogens is 274 g/mol. The first-order chi connectivity index (χ1) is 9.79. The summed E-state index contributed by atoms with van der Waals surface area (Å²) in [6.45, 7) is 5.40. The second-order valence-corrected chi connectivity index (χ2v) is 5.64. The molecule has 1 aromatic carbocycles. The van der Waals surface area contributed by atoms with Crippen molar-refractivity contribution in [1.82, 2.24) is 10.1 Å². The number of aromatic nitrogens is 2. The first-order valence-corrected chi connectivity index (χ1v) is 6.38. The molecule has 7 heteroatoms. The molecular formula is C14H15N3O4. The molecule has 0 saturated carbocycles. The van der Waals surface area contributed by atoms with E-state index in [1.165, 1.54) is 6.07 Å². The van der Waals surface area contributed by atoms with E-state index < -0.39 is 10.3 Å². The van der Waals surface area contributed by atoms with Gasteiger partial charge < -0.3 is 4.52 Å². The van der Waals surface area contributed by atoms with Crippen LogP contribution in [-0.2, 0) is 11.2 Å². The molecule has 0 fully saturated rings. The fourth-order valence-electron chi connectivity index (χ4n) is 1.66. The van der Waals surface area contributed by atoms with E-state index in [2.05, 4.69) is 10.1 Å². The molecule has 0 N–H and O–H groups in total. The minimum Gasteiger partial charge on any atom is -0.338 e. The maximum Gasteiger partial charge on any atom is 0.280 e. The normalized spacial score (nSPS) is 11.4. The first kappa shape index (κ1) is 14.8. The molecule has 0 amide bonds. The maximum absolute atomic E-state index is 11.9. The molecule has 1 heterocycles. The Morgan fingerprint density at radius 3 is 2.62 bits per heavy atom. The first-order valence-electron chi connectivity index (χ1n) is 6.38. The van der Waals surface area contributed by atoms with E-state index in [1.807, 2.05) is 0 Å². The molecule has 0 atom stereocenters. The highest BCUT2D eigenvalue weighted by Gasteiger charge is 2.25. The second-order valence-electron chi connectivity index (χ2n) is 5.64. The summed E-state index contributed by atoms with van der Waals surface area (Å²) in [4.78, 5) is 26.5. The fraction of sp³-hybridized carbons (Fsp3) is 0.357. The monoisotopic (exact) mass is 289 g/mol. The lowest BCUT2D eigenvalue weighted by molar-refractivity contribution is -0.384. The van der Waals surface area contributed by atoms with Crippen molar-refractivity contribution in [3.63, 3.8) is 0 Å². The predicted octanol–water partition coefficient (Wildman–Crippen LogP) is 2.80. The van der Waals surface area contributed by atoms with E-state index in [4.69, 9.17) is 4.52 Å². The quantitative estimate of drug-likeness (QED) is 0.633. The van der Waals surface area contributed by atoms with E-state index in [9.17, 15) is 14.9 Å². The molecule has 7 nitrogen and oxygen atoms in total. The van der Waals surface area contributed by atoms with Crippen LogP contribution in [0.2, 0.25) is 0 Å². The average Bonchev–Trinajstić information content (AvgIpc) is 2.86. The zero-order chi connectivity index (χ0) is 15.6. The van der Waals surface area contributed by atoms with Gasteiger partial charge in [-0.05, 0) is 6.07 Å². The van der Waals surface area contributed by atoms with Gasteiger partial charge in [-0.3, -0.25) is 14.9 Å². The number of carbonyl (C=O) groups excluding carboxylic acids is 1. The molecule has 0 aliphatic rings. The van der Waals surface area contributed by atoms with Gasteiger partial charge in [-0.15, -0.1) is 0 Å². The highest BCUT2D eigenvalue weighted by molar-refractivity contribution is 5.85. The van der Waals surface area contributed by atoms with Gasteiger partial charge in [0.15, 0.2) is 0 Å². The fourth-order valence-corrected chi connectivity index (χ4v) is 1.66. The van der Waals surface area contributed by atoms with Crippen molar-refractivity contribution < 1.29 is 14.2 Å². The minimum absolute atomic E-state index is 0.0110.